The summed E-state index contributed by atoms with van der Waals surface area (Å²) in [7, 11) is -1.26. The largest absolute Gasteiger partial charge is 0.478 e. The number of aromatic nitrogens is 1. The number of carbonyl (C=O) groups is 1. The fourth-order valence-electron chi connectivity index (χ4n) is 2.25. The summed E-state index contributed by atoms with van der Waals surface area (Å²) in [5.41, 5.74) is 0.00778. The van der Waals surface area contributed by atoms with Crippen LogP contribution in [-0.4, -0.2) is 30.3 Å². The molecule has 5 nitrogen and oxygen atoms in total. The van der Waals surface area contributed by atoms with Gasteiger partial charge >= 0.3 is 5.97 Å². The number of carboxylic acids is 1. The Labute approximate surface area is 146 Å². The standard InChI is InChI=1S/C18H22FNO4Si/c1-25(2,3)8-7-24-12-20-11-14(18(22)23)10-16(17(20)21)13-5-4-6-15(19)9-13/h4-6,9-11H,7-8,12H2,1-3H3,(H,22,23). The zero-order chi connectivity index (χ0) is 18.6. The van der Waals surface area contributed by atoms with Gasteiger partial charge in [-0.15, -0.1) is 0 Å². The van der Waals surface area contributed by atoms with Crippen molar-refractivity contribution in [3.05, 3.63) is 58.3 Å². The molecule has 0 aliphatic carbocycles. The molecule has 0 saturated carbocycles. The van der Waals surface area contributed by atoms with Crippen molar-refractivity contribution in [3.8, 4) is 11.1 Å². The first-order valence-electron chi connectivity index (χ1n) is 7.99. The van der Waals surface area contributed by atoms with Crippen LogP contribution in [0.15, 0.2) is 41.3 Å². The summed E-state index contributed by atoms with van der Waals surface area (Å²) in [5, 5.41) is 9.28. The molecule has 0 aliphatic rings. The van der Waals surface area contributed by atoms with Crippen molar-refractivity contribution in [3.63, 3.8) is 0 Å². The Morgan fingerprint density at radius 1 is 1.28 bits per heavy atom. The van der Waals surface area contributed by atoms with Gasteiger partial charge in [0.25, 0.3) is 5.56 Å². The average molecular weight is 363 g/mol. The molecule has 0 saturated heterocycles. The molecule has 1 aromatic carbocycles. The summed E-state index contributed by atoms with van der Waals surface area (Å²) in [5.74, 6) is -1.65. The number of hydrogen-bond donors (Lipinski definition) is 1. The van der Waals surface area contributed by atoms with Crippen molar-refractivity contribution in [2.24, 2.45) is 0 Å². The van der Waals surface area contributed by atoms with Crippen LogP contribution in [0.3, 0.4) is 0 Å². The Hall–Kier alpha value is -2.25. The lowest BCUT2D eigenvalue weighted by Crippen LogP contribution is -2.26. The monoisotopic (exact) mass is 363 g/mol. The number of benzene rings is 1. The van der Waals surface area contributed by atoms with Crippen molar-refractivity contribution in [2.45, 2.75) is 32.4 Å². The summed E-state index contributed by atoms with van der Waals surface area (Å²) < 4.78 is 20.2. The molecule has 0 unspecified atom stereocenters. The van der Waals surface area contributed by atoms with Gasteiger partial charge in [0.05, 0.1) is 5.56 Å². The second-order valence-corrected chi connectivity index (χ2v) is 12.7. The van der Waals surface area contributed by atoms with Gasteiger partial charge < -0.3 is 9.84 Å². The number of nitrogens with zero attached hydrogens (tertiary/aromatic N) is 1. The van der Waals surface area contributed by atoms with E-state index in [1.807, 2.05) is 0 Å². The molecule has 2 rings (SSSR count). The van der Waals surface area contributed by atoms with E-state index >= 15 is 0 Å². The van der Waals surface area contributed by atoms with Crippen LogP contribution >= 0.6 is 0 Å². The minimum atomic E-state index is -1.26. The minimum Gasteiger partial charge on any atom is -0.478 e. The Kier molecular flexibility index (Phi) is 5.92. The van der Waals surface area contributed by atoms with Gasteiger partial charge in [-0.3, -0.25) is 9.36 Å². The van der Waals surface area contributed by atoms with Gasteiger partial charge in [-0.05, 0) is 29.8 Å². The third kappa shape index (κ3) is 5.37. The lowest BCUT2D eigenvalue weighted by molar-refractivity contribution is 0.0689. The highest BCUT2D eigenvalue weighted by molar-refractivity contribution is 6.76. The predicted molar refractivity (Wildman–Crippen MR) is 97.2 cm³/mol. The average Bonchev–Trinajstić information content (AvgIpc) is 2.51. The molecule has 1 N–H and O–H groups in total. The minimum absolute atomic E-state index is 0.0350. The number of ether oxygens (including phenoxy) is 1. The van der Waals surface area contributed by atoms with E-state index in [9.17, 15) is 19.1 Å². The number of rotatable bonds is 7. The van der Waals surface area contributed by atoms with E-state index < -0.39 is 25.4 Å². The smallest absolute Gasteiger partial charge is 0.337 e. The lowest BCUT2D eigenvalue weighted by Gasteiger charge is -2.16. The van der Waals surface area contributed by atoms with Crippen molar-refractivity contribution in [1.29, 1.82) is 0 Å². The van der Waals surface area contributed by atoms with Gasteiger partial charge in [0.2, 0.25) is 0 Å². The van der Waals surface area contributed by atoms with Crippen molar-refractivity contribution >= 4 is 14.0 Å². The molecule has 0 radical (unpaired) electrons. The van der Waals surface area contributed by atoms with Gasteiger partial charge in [0.1, 0.15) is 12.5 Å². The first-order valence-corrected chi connectivity index (χ1v) is 11.7. The molecule has 7 heteroatoms. The zero-order valence-corrected chi connectivity index (χ0v) is 15.6. The normalized spacial score (nSPS) is 11.5. The Bertz CT molecular complexity index is 827. The van der Waals surface area contributed by atoms with E-state index in [-0.39, 0.29) is 17.9 Å². The fourth-order valence-corrected chi connectivity index (χ4v) is 3.01. The van der Waals surface area contributed by atoms with Crippen molar-refractivity contribution < 1.29 is 19.0 Å². The Balaban J connectivity index is 2.33. The zero-order valence-electron chi connectivity index (χ0n) is 14.6. The Morgan fingerprint density at radius 2 is 2.00 bits per heavy atom. The molecular formula is C18H22FNO4Si. The number of hydrogen-bond acceptors (Lipinski definition) is 3. The predicted octanol–water partition coefficient (Wildman–Crippen LogP) is 3.66. The fraction of sp³-hybridized carbons (Fsp3) is 0.333. The molecule has 25 heavy (non-hydrogen) atoms. The highest BCUT2D eigenvalue weighted by atomic mass is 28.3. The summed E-state index contributed by atoms with van der Waals surface area (Å²) in [6.45, 7) is 7.13. The first kappa shape index (κ1) is 19.1. The highest BCUT2D eigenvalue weighted by Gasteiger charge is 2.15. The molecule has 0 aliphatic heterocycles. The maximum absolute atomic E-state index is 13.5. The van der Waals surface area contributed by atoms with E-state index in [1.54, 1.807) is 6.07 Å². The van der Waals surface area contributed by atoms with Gasteiger partial charge in [-0.1, -0.05) is 31.8 Å². The molecule has 0 spiro atoms. The quantitative estimate of drug-likeness (QED) is 0.602. The van der Waals surface area contributed by atoms with E-state index in [1.165, 1.54) is 35.0 Å². The maximum Gasteiger partial charge on any atom is 0.337 e. The summed E-state index contributed by atoms with van der Waals surface area (Å²) in [6.07, 6.45) is 1.25. The molecule has 0 bridgehead atoms. The first-order chi connectivity index (χ1) is 11.7. The SMILES string of the molecule is C[Si](C)(C)CCOCn1cc(C(=O)O)cc(-c2cccc(F)c2)c1=O. The molecule has 0 fully saturated rings. The molecule has 1 aromatic heterocycles. The second kappa shape index (κ2) is 7.75. The van der Waals surface area contributed by atoms with E-state index in [0.717, 1.165) is 6.04 Å². The molecule has 1 heterocycles. The van der Waals surface area contributed by atoms with E-state index in [4.69, 9.17) is 4.74 Å². The molecular weight excluding hydrogens is 341 g/mol. The molecule has 2 aromatic rings. The van der Waals surface area contributed by atoms with Gasteiger partial charge in [0.15, 0.2) is 0 Å². The van der Waals surface area contributed by atoms with E-state index in [2.05, 4.69) is 19.6 Å². The van der Waals surface area contributed by atoms with E-state index in [0.29, 0.717) is 12.2 Å². The molecule has 0 amide bonds. The van der Waals surface area contributed by atoms with Gasteiger partial charge in [-0.2, -0.15) is 0 Å². The summed E-state index contributed by atoms with van der Waals surface area (Å²) >= 11 is 0. The topological polar surface area (TPSA) is 68.5 Å². The number of pyridine rings is 1. The van der Waals surface area contributed by atoms with Crippen LogP contribution in [0.2, 0.25) is 25.7 Å². The van der Waals surface area contributed by atoms with Crippen LogP contribution in [0, 0.1) is 5.82 Å². The van der Waals surface area contributed by atoms with Crippen LogP contribution in [0.5, 0.6) is 0 Å². The van der Waals surface area contributed by atoms with Gasteiger partial charge in [0, 0.05) is 26.4 Å². The Morgan fingerprint density at radius 3 is 2.60 bits per heavy atom. The highest BCUT2D eigenvalue weighted by Crippen LogP contribution is 2.18. The van der Waals surface area contributed by atoms with Crippen LogP contribution < -0.4 is 5.56 Å². The number of aromatic carboxylic acids is 1. The molecule has 0 atom stereocenters. The van der Waals surface area contributed by atoms with Gasteiger partial charge in [-0.25, -0.2) is 9.18 Å². The van der Waals surface area contributed by atoms with Crippen molar-refractivity contribution in [1.82, 2.24) is 4.57 Å². The summed E-state index contributed by atoms with van der Waals surface area (Å²) in [6, 6.07) is 7.73. The lowest BCUT2D eigenvalue weighted by atomic mass is 10.1. The van der Waals surface area contributed by atoms with Crippen LogP contribution in [0.1, 0.15) is 10.4 Å². The second-order valence-electron chi connectivity index (χ2n) is 7.08. The third-order valence-corrected chi connectivity index (χ3v) is 5.40. The maximum atomic E-state index is 13.5. The van der Waals surface area contributed by atoms with Crippen LogP contribution in [0.25, 0.3) is 11.1 Å². The number of carboxylic acid groups (broad SMARTS) is 1. The van der Waals surface area contributed by atoms with Crippen LogP contribution in [0.4, 0.5) is 4.39 Å². The van der Waals surface area contributed by atoms with Crippen LogP contribution in [-0.2, 0) is 11.5 Å². The summed E-state index contributed by atoms with van der Waals surface area (Å²) in [4.78, 5) is 24.0. The molecule has 134 valence electrons. The third-order valence-electron chi connectivity index (χ3n) is 3.70. The van der Waals surface area contributed by atoms with Crippen molar-refractivity contribution in [2.75, 3.05) is 6.61 Å². The number of halogens is 1.